The van der Waals surface area contributed by atoms with Crippen molar-refractivity contribution in [1.82, 2.24) is 4.90 Å². The zero-order valence-electron chi connectivity index (χ0n) is 15.0. The summed E-state index contributed by atoms with van der Waals surface area (Å²) in [6.45, 7) is 5.81. The van der Waals surface area contributed by atoms with Gasteiger partial charge >= 0.3 is 10.1 Å². The molecule has 5 nitrogen and oxygen atoms in total. The molecular weight excluding hydrogens is 414 g/mol. The zero-order chi connectivity index (χ0) is 20.3. The van der Waals surface area contributed by atoms with Crippen molar-refractivity contribution < 1.29 is 17.4 Å². The fraction of sp³-hybridized carbons (Fsp3) is 0.100. The van der Waals surface area contributed by atoms with Crippen molar-refractivity contribution in [2.75, 3.05) is 6.54 Å². The van der Waals surface area contributed by atoms with Crippen LogP contribution in [0.25, 0.3) is 6.08 Å². The molecule has 2 aromatic carbocycles. The monoisotopic (exact) mass is 431 g/mol. The predicted molar refractivity (Wildman–Crippen MR) is 116 cm³/mol. The molecule has 1 heterocycles. The molecule has 0 unspecified atom stereocenters. The highest BCUT2D eigenvalue weighted by Gasteiger charge is 2.31. The van der Waals surface area contributed by atoms with E-state index in [4.69, 9.17) is 16.4 Å². The molecule has 1 aliphatic heterocycles. The number of para-hydroxylation sites is 1. The normalized spacial score (nSPS) is 15.9. The van der Waals surface area contributed by atoms with E-state index in [1.165, 1.54) is 17.0 Å². The molecule has 1 fully saturated rings. The van der Waals surface area contributed by atoms with Crippen molar-refractivity contribution in [3.8, 4) is 5.75 Å². The number of carbonyl (C=O) groups excluding carboxylic acids is 1. The molecule has 1 amide bonds. The van der Waals surface area contributed by atoms with E-state index >= 15 is 0 Å². The second-order valence-electron chi connectivity index (χ2n) is 5.97. The van der Waals surface area contributed by atoms with Crippen LogP contribution in [-0.2, 0) is 14.9 Å². The Labute approximate surface area is 173 Å². The van der Waals surface area contributed by atoms with Crippen LogP contribution < -0.4 is 4.18 Å². The smallest absolute Gasteiger partial charge is 0.339 e. The minimum absolute atomic E-state index is 0.0604. The summed E-state index contributed by atoms with van der Waals surface area (Å²) in [6.07, 6.45) is 3.18. The minimum atomic E-state index is -4.00. The highest BCUT2D eigenvalue weighted by Crippen LogP contribution is 2.34. The summed E-state index contributed by atoms with van der Waals surface area (Å²) in [5, 5.41) is 0. The Morgan fingerprint density at radius 3 is 2.54 bits per heavy atom. The van der Waals surface area contributed by atoms with Gasteiger partial charge in [-0.15, -0.1) is 6.58 Å². The van der Waals surface area contributed by atoms with Gasteiger partial charge in [-0.3, -0.25) is 9.69 Å². The number of hydrogen-bond donors (Lipinski definition) is 0. The van der Waals surface area contributed by atoms with Gasteiger partial charge in [0, 0.05) is 12.1 Å². The van der Waals surface area contributed by atoms with Crippen LogP contribution in [0, 0.1) is 6.92 Å². The van der Waals surface area contributed by atoms with Crippen LogP contribution in [0.3, 0.4) is 0 Å². The molecular formula is C20H17NO4S3. The Morgan fingerprint density at radius 1 is 1.18 bits per heavy atom. The molecule has 3 rings (SSSR count). The molecule has 0 aliphatic carbocycles. The van der Waals surface area contributed by atoms with Crippen LogP contribution in [0.1, 0.15) is 11.1 Å². The first-order valence-electron chi connectivity index (χ1n) is 8.28. The number of hydrogen-bond acceptors (Lipinski definition) is 6. The van der Waals surface area contributed by atoms with Gasteiger partial charge in [-0.2, -0.15) is 8.42 Å². The molecule has 0 radical (unpaired) electrons. The molecule has 0 bridgehead atoms. The number of carbonyl (C=O) groups is 1. The van der Waals surface area contributed by atoms with E-state index in [1.54, 1.807) is 48.6 Å². The van der Waals surface area contributed by atoms with Crippen molar-refractivity contribution in [2.45, 2.75) is 11.8 Å². The van der Waals surface area contributed by atoms with E-state index in [1.807, 2.05) is 6.92 Å². The quantitative estimate of drug-likeness (QED) is 0.296. The maximum Gasteiger partial charge on any atom is 0.339 e. The third kappa shape index (κ3) is 4.35. The van der Waals surface area contributed by atoms with Crippen molar-refractivity contribution >= 4 is 50.4 Å². The van der Waals surface area contributed by atoms with Crippen molar-refractivity contribution in [3.05, 3.63) is 77.2 Å². The third-order valence-corrected chi connectivity index (χ3v) is 6.53. The minimum Gasteiger partial charge on any atom is -0.378 e. The Kier molecular flexibility index (Phi) is 6.02. The van der Waals surface area contributed by atoms with Crippen LogP contribution in [0.4, 0.5) is 0 Å². The number of aryl methyl sites for hydroxylation is 1. The molecule has 144 valence electrons. The Balaban J connectivity index is 1.92. The molecule has 0 spiro atoms. The number of thioether (sulfide) groups is 1. The summed E-state index contributed by atoms with van der Waals surface area (Å²) >= 11 is 6.38. The Bertz CT molecular complexity index is 1070. The summed E-state index contributed by atoms with van der Waals surface area (Å²) in [7, 11) is -4.00. The summed E-state index contributed by atoms with van der Waals surface area (Å²) < 4.78 is 31.0. The molecule has 2 aromatic rings. The number of rotatable bonds is 6. The SMILES string of the molecule is C=CCN1C(=O)/C(=C/c2ccccc2OS(=O)(=O)c2ccc(C)cc2)SC1=S. The van der Waals surface area contributed by atoms with E-state index < -0.39 is 10.1 Å². The lowest BCUT2D eigenvalue weighted by Crippen LogP contribution is -2.27. The maximum atomic E-state index is 12.6. The number of nitrogens with zero attached hydrogens (tertiary/aromatic N) is 1. The Morgan fingerprint density at radius 2 is 1.86 bits per heavy atom. The van der Waals surface area contributed by atoms with E-state index in [2.05, 4.69) is 6.58 Å². The van der Waals surface area contributed by atoms with Crippen LogP contribution in [0.15, 0.2) is 71.0 Å². The van der Waals surface area contributed by atoms with Gasteiger partial charge in [-0.25, -0.2) is 0 Å². The zero-order valence-corrected chi connectivity index (χ0v) is 17.4. The van der Waals surface area contributed by atoms with Gasteiger partial charge in [0.1, 0.15) is 15.0 Å². The molecule has 0 saturated carbocycles. The summed E-state index contributed by atoms with van der Waals surface area (Å²) in [5.74, 6) is -0.108. The Hall–Kier alpha value is -2.42. The number of benzene rings is 2. The van der Waals surface area contributed by atoms with E-state index in [0.29, 0.717) is 21.3 Å². The summed E-state index contributed by atoms with van der Waals surface area (Å²) in [5.41, 5.74) is 1.41. The molecule has 1 aliphatic rings. The van der Waals surface area contributed by atoms with Gasteiger partial charge < -0.3 is 4.18 Å². The highest BCUT2D eigenvalue weighted by atomic mass is 32.2. The van der Waals surface area contributed by atoms with Crippen LogP contribution in [0.5, 0.6) is 5.75 Å². The molecule has 0 aromatic heterocycles. The van der Waals surface area contributed by atoms with Crippen molar-refractivity contribution in [1.29, 1.82) is 0 Å². The van der Waals surface area contributed by atoms with Crippen molar-refractivity contribution in [2.24, 2.45) is 0 Å². The lowest BCUT2D eigenvalue weighted by molar-refractivity contribution is -0.121. The van der Waals surface area contributed by atoms with Gasteiger partial charge in [-0.05, 0) is 31.2 Å². The maximum absolute atomic E-state index is 12.6. The fourth-order valence-corrected chi connectivity index (χ4v) is 4.69. The first-order chi connectivity index (χ1) is 13.3. The summed E-state index contributed by atoms with van der Waals surface area (Å²) in [4.78, 5) is 14.4. The van der Waals surface area contributed by atoms with Gasteiger partial charge in [0.25, 0.3) is 5.91 Å². The van der Waals surface area contributed by atoms with E-state index in [0.717, 1.165) is 17.3 Å². The van der Waals surface area contributed by atoms with Crippen molar-refractivity contribution in [3.63, 3.8) is 0 Å². The lowest BCUT2D eigenvalue weighted by Gasteiger charge is -2.11. The molecule has 1 saturated heterocycles. The standard InChI is InChI=1S/C20H17NO4S3/c1-3-12-21-19(22)18(27-20(21)26)13-15-6-4-5-7-17(15)25-28(23,24)16-10-8-14(2)9-11-16/h3-11,13H,1,12H2,2H3/b18-13-. The lowest BCUT2D eigenvalue weighted by atomic mass is 10.2. The van der Waals surface area contributed by atoms with E-state index in [-0.39, 0.29) is 16.6 Å². The second-order valence-corrected chi connectivity index (χ2v) is 9.19. The fourth-order valence-electron chi connectivity index (χ4n) is 2.47. The molecule has 8 heteroatoms. The van der Waals surface area contributed by atoms with Crippen LogP contribution in [-0.4, -0.2) is 30.1 Å². The largest absolute Gasteiger partial charge is 0.378 e. The first-order valence-corrected chi connectivity index (χ1v) is 10.9. The predicted octanol–water partition coefficient (Wildman–Crippen LogP) is 4.15. The number of thiocarbonyl (C=S) groups is 1. The van der Waals surface area contributed by atoms with E-state index in [9.17, 15) is 13.2 Å². The molecule has 28 heavy (non-hydrogen) atoms. The topological polar surface area (TPSA) is 63.7 Å². The average Bonchev–Trinajstić information content (AvgIpc) is 2.91. The number of amides is 1. The average molecular weight is 432 g/mol. The van der Waals surface area contributed by atoms with Crippen LogP contribution in [0.2, 0.25) is 0 Å². The second kappa shape index (κ2) is 8.30. The van der Waals surface area contributed by atoms with Crippen LogP contribution >= 0.6 is 24.0 Å². The van der Waals surface area contributed by atoms with Gasteiger partial charge in [0.15, 0.2) is 0 Å². The first kappa shape index (κ1) is 20.3. The summed E-state index contributed by atoms with van der Waals surface area (Å²) in [6, 6.07) is 13.0. The van der Waals surface area contributed by atoms with Gasteiger partial charge in [-0.1, -0.05) is 66.0 Å². The highest BCUT2D eigenvalue weighted by molar-refractivity contribution is 8.26. The van der Waals surface area contributed by atoms with Gasteiger partial charge in [0.05, 0.1) is 4.91 Å². The van der Waals surface area contributed by atoms with Gasteiger partial charge in [0.2, 0.25) is 0 Å². The third-order valence-electron chi connectivity index (χ3n) is 3.90. The molecule has 0 N–H and O–H groups in total. The molecule has 0 atom stereocenters.